The van der Waals surface area contributed by atoms with E-state index >= 15 is 0 Å². The lowest BCUT2D eigenvalue weighted by Gasteiger charge is -2.34. The zero-order chi connectivity index (χ0) is 25.8. The van der Waals surface area contributed by atoms with Crippen molar-refractivity contribution in [3.8, 4) is 17.1 Å². The fourth-order valence-corrected chi connectivity index (χ4v) is 4.28. The average molecular weight is 487 g/mol. The summed E-state index contributed by atoms with van der Waals surface area (Å²) in [5, 5.41) is 12.2. The molecule has 186 valence electrons. The predicted molar refractivity (Wildman–Crippen MR) is 139 cm³/mol. The number of amides is 2. The van der Waals surface area contributed by atoms with Gasteiger partial charge in [-0.2, -0.15) is 0 Å². The van der Waals surface area contributed by atoms with Crippen LogP contribution in [0.25, 0.3) is 11.1 Å². The highest BCUT2D eigenvalue weighted by Crippen LogP contribution is 2.28. The number of nitrogens with zero attached hydrogens (tertiary/aromatic N) is 4. The van der Waals surface area contributed by atoms with Gasteiger partial charge in [-0.1, -0.05) is 18.2 Å². The van der Waals surface area contributed by atoms with Gasteiger partial charge in [-0.15, -0.1) is 0 Å². The monoisotopic (exact) mass is 486 g/mol. The number of carbonyl (C=O) groups excluding carboxylic acids is 2. The molecule has 0 atom stereocenters. The minimum absolute atomic E-state index is 0.0255. The SMILES string of the molecule is CNc1ccc(-c2cnc(OC)nc2)cc1C(=N)c1ccc(C)c(C(=O)N2CCN(C(C)=O)CC2)c1. The van der Waals surface area contributed by atoms with Crippen LogP contribution in [0.5, 0.6) is 6.01 Å². The van der Waals surface area contributed by atoms with E-state index in [0.717, 1.165) is 22.4 Å². The molecule has 0 saturated carbocycles. The Hall–Kier alpha value is -4.27. The first-order valence-corrected chi connectivity index (χ1v) is 11.7. The summed E-state index contributed by atoms with van der Waals surface area (Å²) in [4.78, 5) is 36.9. The Labute approximate surface area is 210 Å². The maximum atomic E-state index is 13.3. The van der Waals surface area contributed by atoms with Crippen molar-refractivity contribution < 1.29 is 14.3 Å². The van der Waals surface area contributed by atoms with E-state index in [9.17, 15) is 9.59 Å². The number of ether oxygens (including phenoxy) is 1. The number of nitrogens with one attached hydrogen (secondary N) is 2. The smallest absolute Gasteiger partial charge is 0.316 e. The van der Waals surface area contributed by atoms with E-state index in [4.69, 9.17) is 10.1 Å². The zero-order valence-electron chi connectivity index (χ0n) is 21.0. The van der Waals surface area contributed by atoms with E-state index in [1.807, 2.05) is 44.3 Å². The third kappa shape index (κ3) is 5.05. The molecule has 2 N–H and O–H groups in total. The Morgan fingerprint density at radius 2 is 1.61 bits per heavy atom. The van der Waals surface area contributed by atoms with Gasteiger partial charge in [0.25, 0.3) is 5.91 Å². The van der Waals surface area contributed by atoms with Gasteiger partial charge in [0.05, 0.1) is 12.8 Å². The number of aromatic nitrogens is 2. The second-order valence-corrected chi connectivity index (χ2v) is 8.67. The molecule has 0 bridgehead atoms. The van der Waals surface area contributed by atoms with Crippen molar-refractivity contribution >= 4 is 23.2 Å². The second-order valence-electron chi connectivity index (χ2n) is 8.67. The fraction of sp³-hybridized carbons (Fsp3) is 0.296. The van der Waals surface area contributed by atoms with Gasteiger partial charge in [0.1, 0.15) is 0 Å². The Kier molecular flexibility index (Phi) is 7.28. The first-order valence-electron chi connectivity index (χ1n) is 11.7. The van der Waals surface area contributed by atoms with Crippen LogP contribution in [-0.4, -0.2) is 77.6 Å². The number of anilines is 1. The lowest BCUT2D eigenvalue weighted by atomic mass is 9.94. The molecule has 0 unspecified atom stereocenters. The highest BCUT2D eigenvalue weighted by molar-refractivity contribution is 6.15. The van der Waals surface area contributed by atoms with Crippen LogP contribution < -0.4 is 10.1 Å². The fourth-order valence-electron chi connectivity index (χ4n) is 4.28. The Bertz CT molecular complexity index is 1300. The molecule has 1 aliphatic heterocycles. The summed E-state index contributed by atoms with van der Waals surface area (Å²) >= 11 is 0. The van der Waals surface area contributed by atoms with Crippen LogP contribution in [-0.2, 0) is 4.79 Å². The Balaban J connectivity index is 1.63. The highest BCUT2D eigenvalue weighted by Gasteiger charge is 2.25. The summed E-state index contributed by atoms with van der Waals surface area (Å²) in [6.45, 7) is 5.50. The molecule has 9 nitrogen and oxygen atoms in total. The van der Waals surface area contributed by atoms with Gasteiger partial charge in [0, 0.05) is 80.5 Å². The van der Waals surface area contributed by atoms with Crippen molar-refractivity contribution in [1.29, 1.82) is 5.41 Å². The maximum Gasteiger partial charge on any atom is 0.316 e. The molecule has 0 spiro atoms. The normalized spacial score (nSPS) is 13.3. The van der Waals surface area contributed by atoms with E-state index < -0.39 is 0 Å². The number of rotatable bonds is 6. The molecular weight excluding hydrogens is 456 g/mol. The lowest BCUT2D eigenvalue weighted by Crippen LogP contribution is -2.50. The molecule has 2 aromatic carbocycles. The molecule has 2 amide bonds. The highest BCUT2D eigenvalue weighted by atomic mass is 16.5. The minimum atomic E-state index is -0.0803. The largest absolute Gasteiger partial charge is 0.467 e. The summed E-state index contributed by atoms with van der Waals surface area (Å²) < 4.78 is 5.05. The molecule has 36 heavy (non-hydrogen) atoms. The summed E-state index contributed by atoms with van der Waals surface area (Å²) in [5.41, 5.74) is 5.52. The van der Waals surface area contributed by atoms with Crippen LogP contribution >= 0.6 is 0 Å². The molecule has 4 rings (SSSR count). The molecular formula is C27H30N6O3. The van der Waals surface area contributed by atoms with E-state index in [0.29, 0.717) is 48.6 Å². The molecule has 3 aromatic rings. The van der Waals surface area contributed by atoms with Gasteiger partial charge in [0.15, 0.2) is 0 Å². The first-order chi connectivity index (χ1) is 17.3. The molecule has 0 radical (unpaired) electrons. The quantitative estimate of drug-likeness (QED) is 0.518. The topological polar surface area (TPSA) is 112 Å². The van der Waals surface area contributed by atoms with Crippen molar-refractivity contribution in [1.82, 2.24) is 19.8 Å². The second kappa shape index (κ2) is 10.6. The molecule has 1 fully saturated rings. The first kappa shape index (κ1) is 24.8. The number of hydrogen-bond donors (Lipinski definition) is 2. The molecule has 9 heteroatoms. The van der Waals surface area contributed by atoms with E-state index in [-0.39, 0.29) is 17.8 Å². The number of hydrogen-bond acceptors (Lipinski definition) is 7. The van der Waals surface area contributed by atoms with E-state index in [1.165, 1.54) is 7.11 Å². The van der Waals surface area contributed by atoms with Crippen LogP contribution in [0.15, 0.2) is 48.8 Å². The van der Waals surface area contributed by atoms with Crippen LogP contribution in [0, 0.1) is 12.3 Å². The number of methoxy groups -OCH3 is 1. The maximum absolute atomic E-state index is 13.3. The van der Waals surface area contributed by atoms with Gasteiger partial charge in [-0.3, -0.25) is 15.0 Å². The van der Waals surface area contributed by atoms with Gasteiger partial charge in [-0.25, -0.2) is 9.97 Å². The third-order valence-electron chi connectivity index (χ3n) is 6.47. The zero-order valence-corrected chi connectivity index (χ0v) is 21.0. The Morgan fingerprint density at radius 1 is 0.944 bits per heavy atom. The van der Waals surface area contributed by atoms with Crippen LogP contribution in [0.3, 0.4) is 0 Å². The van der Waals surface area contributed by atoms with Gasteiger partial charge < -0.3 is 19.9 Å². The predicted octanol–water partition coefficient (Wildman–Crippen LogP) is 3.22. The average Bonchev–Trinajstić information content (AvgIpc) is 2.92. The number of aryl methyl sites for hydroxylation is 1. The summed E-state index contributed by atoms with van der Waals surface area (Å²) in [7, 11) is 3.33. The number of benzene rings is 2. The lowest BCUT2D eigenvalue weighted by molar-refractivity contribution is -0.130. The number of piperazine rings is 1. The summed E-state index contributed by atoms with van der Waals surface area (Å²) in [6, 6.07) is 11.6. The molecule has 0 aliphatic carbocycles. The Morgan fingerprint density at radius 3 is 2.22 bits per heavy atom. The van der Waals surface area contributed by atoms with Gasteiger partial charge in [-0.05, 0) is 36.2 Å². The van der Waals surface area contributed by atoms with Crippen molar-refractivity contribution in [3.63, 3.8) is 0 Å². The summed E-state index contributed by atoms with van der Waals surface area (Å²) in [5.74, 6) is -0.0548. The summed E-state index contributed by atoms with van der Waals surface area (Å²) in [6.07, 6.45) is 3.37. The van der Waals surface area contributed by atoms with Gasteiger partial charge >= 0.3 is 6.01 Å². The standard InChI is InChI=1S/C27H30N6O3/c1-17-5-6-20(14-22(17)26(35)33-11-9-32(10-12-33)18(2)34)25(28)23-13-19(7-8-24(23)29-3)21-15-30-27(36-4)31-16-21/h5-8,13-16,28-29H,9-12H2,1-4H3. The van der Waals surface area contributed by atoms with Crippen LogP contribution in [0.1, 0.15) is 34.0 Å². The third-order valence-corrected chi connectivity index (χ3v) is 6.47. The van der Waals surface area contributed by atoms with Crippen molar-refractivity contribution in [2.24, 2.45) is 0 Å². The molecule has 1 aliphatic rings. The van der Waals surface area contributed by atoms with Crippen molar-refractivity contribution in [2.45, 2.75) is 13.8 Å². The van der Waals surface area contributed by atoms with Crippen molar-refractivity contribution in [3.05, 3.63) is 71.0 Å². The minimum Gasteiger partial charge on any atom is -0.467 e. The molecule has 1 aromatic heterocycles. The van der Waals surface area contributed by atoms with E-state index in [2.05, 4.69) is 15.3 Å². The van der Waals surface area contributed by atoms with Crippen LogP contribution in [0.2, 0.25) is 0 Å². The van der Waals surface area contributed by atoms with Crippen molar-refractivity contribution in [2.75, 3.05) is 45.7 Å². The molecule has 1 saturated heterocycles. The van der Waals surface area contributed by atoms with E-state index in [1.54, 1.807) is 35.2 Å². The van der Waals surface area contributed by atoms with Gasteiger partial charge in [0.2, 0.25) is 5.91 Å². The molecule has 2 heterocycles. The van der Waals surface area contributed by atoms with Crippen LogP contribution in [0.4, 0.5) is 5.69 Å². The number of carbonyl (C=O) groups is 2.